The summed E-state index contributed by atoms with van der Waals surface area (Å²) in [7, 11) is 0. The lowest BCUT2D eigenvalue weighted by Crippen LogP contribution is -2.38. The first-order valence-corrected chi connectivity index (χ1v) is 10.4. The molecule has 1 saturated carbocycles. The Balaban J connectivity index is 1.55. The number of fused-ring (bicyclic) bond motifs is 1. The van der Waals surface area contributed by atoms with Crippen molar-refractivity contribution in [2.24, 2.45) is 5.92 Å². The summed E-state index contributed by atoms with van der Waals surface area (Å²) in [5.41, 5.74) is 8.13. The van der Waals surface area contributed by atoms with Crippen molar-refractivity contribution in [1.82, 2.24) is 24.8 Å². The zero-order valence-corrected chi connectivity index (χ0v) is 17.3. The van der Waals surface area contributed by atoms with Gasteiger partial charge in [0.05, 0.1) is 24.4 Å². The molecule has 4 unspecified atom stereocenters. The molecule has 0 spiro atoms. The van der Waals surface area contributed by atoms with Crippen LogP contribution in [0.1, 0.15) is 24.9 Å². The summed E-state index contributed by atoms with van der Waals surface area (Å²) < 4.78 is 1.67. The van der Waals surface area contributed by atoms with E-state index >= 15 is 0 Å². The van der Waals surface area contributed by atoms with Crippen LogP contribution in [-0.2, 0) is 11.2 Å². The lowest BCUT2D eigenvalue weighted by molar-refractivity contribution is -0.128. The number of nitrogens with two attached hydrogens (primary N) is 1. The fourth-order valence-corrected chi connectivity index (χ4v) is 4.07. The van der Waals surface area contributed by atoms with Crippen molar-refractivity contribution in [2.45, 2.75) is 38.0 Å². The molecule has 0 aliphatic heterocycles. The molecule has 10 nitrogen and oxygen atoms in total. The van der Waals surface area contributed by atoms with Crippen LogP contribution in [0.4, 0.5) is 11.8 Å². The average Bonchev–Trinajstić information content (AvgIpc) is 3.31. The zero-order chi connectivity index (χ0) is 22.0. The highest BCUT2D eigenvalue weighted by Crippen LogP contribution is 2.37. The molecule has 1 aliphatic rings. The second kappa shape index (κ2) is 8.86. The van der Waals surface area contributed by atoms with Crippen LogP contribution in [0, 0.1) is 5.92 Å². The summed E-state index contributed by atoms with van der Waals surface area (Å²) in [6.07, 6.45) is 0.278. The Hall–Kier alpha value is -3.24. The van der Waals surface area contributed by atoms with E-state index in [0.29, 0.717) is 30.2 Å². The Morgan fingerprint density at radius 2 is 2.00 bits per heavy atom. The van der Waals surface area contributed by atoms with E-state index in [4.69, 9.17) is 5.73 Å². The van der Waals surface area contributed by atoms with Crippen molar-refractivity contribution >= 4 is 28.8 Å². The standard InChI is InChI=1S/C21H27N7O3/c1-2-23-20(31)13-10-14(17(30)16(13)29)28-11-25-15-18(22)26-21(27-19(15)28)24-9-8-12-6-4-3-5-7-12/h3-7,11,13-14,16-17,29-30H,2,8-10H2,1H3,(H,23,31)(H3,22,24,26,27). The molecule has 2 heterocycles. The summed E-state index contributed by atoms with van der Waals surface area (Å²) in [6.45, 7) is 2.88. The number of nitrogens with zero attached hydrogens (tertiary/aromatic N) is 4. The highest BCUT2D eigenvalue weighted by Gasteiger charge is 2.46. The maximum absolute atomic E-state index is 12.3. The molecule has 164 valence electrons. The van der Waals surface area contributed by atoms with Gasteiger partial charge in [-0.2, -0.15) is 9.97 Å². The highest BCUT2D eigenvalue weighted by molar-refractivity contribution is 5.83. The number of carbonyl (C=O) groups is 1. The molecule has 2 aromatic heterocycles. The largest absolute Gasteiger partial charge is 0.390 e. The van der Waals surface area contributed by atoms with Gasteiger partial charge in [0, 0.05) is 13.1 Å². The topological polar surface area (TPSA) is 151 Å². The fourth-order valence-electron chi connectivity index (χ4n) is 4.07. The van der Waals surface area contributed by atoms with Crippen LogP contribution in [-0.4, -0.2) is 60.9 Å². The van der Waals surface area contributed by atoms with E-state index in [2.05, 4.69) is 25.6 Å². The number of hydrogen-bond donors (Lipinski definition) is 5. The van der Waals surface area contributed by atoms with E-state index in [1.807, 2.05) is 37.3 Å². The molecule has 4 rings (SSSR count). The van der Waals surface area contributed by atoms with Crippen molar-refractivity contribution in [3.63, 3.8) is 0 Å². The van der Waals surface area contributed by atoms with Crippen LogP contribution >= 0.6 is 0 Å². The lowest BCUT2D eigenvalue weighted by atomic mass is 10.0. The molecule has 1 amide bonds. The van der Waals surface area contributed by atoms with E-state index in [1.165, 1.54) is 11.9 Å². The first-order valence-electron chi connectivity index (χ1n) is 10.4. The minimum atomic E-state index is -1.17. The van der Waals surface area contributed by atoms with Gasteiger partial charge >= 0.3 is 0 Å². The molecular weight excluding hydrogens is 398 g/mol. The number of hydrogen-bond acceptors (Lipinski definition) is 8. The number of imidazole rings is 1. The second-order valence-electron chi connectivity index (χ2n) is 7.70. The van der Waals surface area contributed by atoms with Gasteiger partial charge in [0.15, 0.2) is 11.5 Å². The number of benzene rings is 1. The molecular formula is C21H27N7O3. The first kappa shape index (κ1) is 21.0. The smallest absolute Gasteiger partial charge is 0.226 e. The molecule has 31 heavy (non-hydrogen) atoms. The van der Waals surface area contributed by atoms with Crippen LogP contribution in [0.5, 0.6) is 0 Å². The Morgan fingerprint density at radius 3 is 2.74 bits per heavy atom. The van der Waals surface area contributed by atoms with Gasteiger partial charge in [-0.1, -0.05) is 30.3 Å². The lowest BCUT2D eigenvalue weighted by Gasteiger charge is -2.18. The third-order valence-corrected chi connectivity index (χ3v) is 5.68. The summed E-state index contributed by atoms with van der Waals surface area (Å²) in [6, 6.07) is 9.49. The van der Waals surface area contributed by atoms with Gasteiger partial charge < -0.3 is 31.1 Å². The molecule has 10 heteroatoms. The molecule has 0 radical (unpaired) electrons. The molecule has 1 fully saturated rings. The third-order valence-electron chi connectivity index (χ3n) is 5.68. The number of rotatable bonds is 7. The van der Waals surface area contributed by atoms with Gasteiger partial charge in [0.2, 0.25) is 11.9 Å². The van der Waals surface area contributed by atoms with Gasteiger partial charge in [-0.25, -0.2) is 4.98 Å². The molecule has 0 saturated heterocycles. The van der Waals surface area contributed by atoms with E-state index in [1.54, 1.807) is 4.57 Å². The molecule has 3 aromatic rings. The molecule has 6 N–H and O–H groups in total. The van der Waals surface area contributed by atoms with E-state index in [0.717, 1.165) is 6.42 Å². The van der Waals surface area contributed by atoms with Crippen molar-refractivity contribution in [3.8, 4) is 0 Å². The van der Waals surface area contributed by atoms with E-state index in [-0.39, 0.29) is 18.1 Å². The average molecular weight is 425 g/mol. The number of carbonyl (C=O) groups excluding carboxylic acids is 1. The minimum absolute atomic E-state index is 0.222. The Morgan fingerprint density at radius 1 is 1.23 bits per heavy atom. The zero-order valence-electron chi connectivity index (χ0n) is 17.3. The fraction of sp³-hybridized carbons (Fsp3) is 0.429. The maximum atomic E-state index is 12.3. The Kier molecular flexibility index (Phi) is 6.01. The number of nitrogen functional groups attached to an aromatic ring is 1. The third kappa shape index (κ3) is 4.17. The van der Waals surface area contributed by atoms with Crippen molar-refractivity contribution in [3.05, 3.63) is 42.2 Å². The van der Waals surface area contributed by atoms with Crippen molar-refractivity contribution in [2.75, 3.05) is 24.1 Å². The number of amides is 1. The van der Waals surface area contributed by atoms with Gasteiger partial charge in [-0.15, -0.1) is 0 Å². The summed E-state index contributed by atoms with van der Waals surface area (Å²) in [5, 5.41) is 26.9. The predicted molar refractivity (Wildman–Crippen MR) is 116 cm³/mol. The first-order chi connectivity index (χ1) is 15.0. The minimum Gasteiger partial charge on any atom is -0.390 e. The van der Waals surface area contributed by atoms with E-state index < -0.39 is 24.2 Å². The highest BCUT2D eigenvalue weighted by atomic mass is 16.3. The number of aliphatic hydroxyl groups excluding tert-OH is 2. The predicted octanol–water partition coefficient (Wildman–Crippen LogP) is 0.482. The van der Waals surface area contributed by atoms with Gasteiger partial charge in [0.1, 0.15) is 11.6 Å². The van der Waals surface area contributed by atoms with Crippen LogP contribution in [0.2, 0.25) is 0 Å². The molecule has 0 bridgehead atoms. The summed E-state index contributed by atoms with van der Waals surface area (Å²) in [5.74, 6) is -0.409. The van der Waals surface area contributed by atoms with Crippen molar-refractivity contribution < 1.29 is 15.0 Å². The monoisotopic (exact) mass is 425 g/mol. The van der Waals surface area contributed by atoms with Gasteiger partial charge in [0.25, 0.3) is 0 Å². The summed E-state index contributed by atoms with van der Waals surface area (Å²) in [4.78, 5) is 25.4. The van der Waals surface area contributed by atoms with Crippen LogP contribution in [0.3, 0.4) is 0 Å². The van der Waals surface area contributed by atoms with Crippen LogP contribution < -0.4 is 16.4 Å². The summed E-state index contributed by atoms with van der Waals surface area (Å²) >= 11 is 0. The Bertz CT molecular complexity index is 1060. The normalized spacial score (nSPS) is 23.2. The van der Waals surface area contributed by atoms with Gasteiger partial charge in [-0.05, 0) is 25.3 Å². The van der Waals surface area contributed by atoms with E-state index in [9.17, 15) is 15.0 Å². The van der Waals surface area contributed by atoms with Crippen LogP contribution in [0.15, 0.2) is 36.7 Å². The number of aromatic nitrogens is 4. The Labute approximate surface area is 179 Å². The second-order valence-corrected chi connectivity index (χ2v) is 7.70. The number of nitrogens with one attached hydrogen (secondary N) is 2. The van der Waals surface area contributed by atoms with Crippen molar-refractivity contribution in [1.29, 1.82) is 0 Å². The SMILES string of the molecule is CCNC(=O)C1CC(n2cnc3c(N)nc(NCCc4ccccc4)nc32)C(O)C1O. The molecule has 1 aromatic carbocycles. The molecule has 4 atom stereocenters. The molecule has 1 aliphatic carbocycles. The number of anilines is 2. The van der Waals surface area contributed by atoms with Gasteiger partial charge in [-0.3, -0.25) is 4.79 Å². The quantitative estimate of drug-likeness (QED) is 0.367. The number of aliphatic hydroxyl groups is 2. The maximum Gasteiger partial charge on any atom is 0.226 e. The van der Waals surface area contributed by atoms with Crippen LogP contribution in [0.25, 0.3) is 11.2 Å².